The molecule has 0 fully saturated rings. The van der Waals surface area contributed by atoms with Gasteiger partial charge in [-0.2, -0.15) is 0 Å². The minimum atomic E-state index is -0.785. The highest BCUT2D eigenvalue weighted by atomic mass is 16.6. The summed E-state index contributed by atoms with van der Waals surface area (Å²) in [5, 5.41) is 0. The van der Waals surface area contributed by atoms with Gasteiger partial charge in [-0.25, -0.2) is 0 Å². The van der Waals surface area contributed by atoms with Gasteiger partial charge in [0.05, 0.1) is 0 Å². The van der Waals surface area contributed by atoms with Crippen LogP contribution in [-0.4, -0.2) is 37.2 Å². The molecule has 414 valence electrons. The Labute approximate surface area is 441 Å². The first-order valence-electron chi connectivity index (χ1n) is 31.1. The van der Waals surface area contributed by atoms with Crippen LogP contribution in [0, 0.1) is 0 Å². The Hall–Kier alpha value is -2.63. The number of esters is 3. The minimum Gasteiger partial charge on any atom is -0.462 e. The summed E-state index contributed by atoms with van der Waals surface area (Å²) in [6.07, 6.45) is 74.0. The Balaban J connectivity index is 4.30. The van der Waals surface area contributed by atoms with Gasteiger partial charge >= 0.3 is 17.9 Å². The molecule has 0 aliphatic rings. The van der Waals surface area contributed by atoms with Gasteiger partial charge in [-0.3, -0.25) is 14.4 Å². The number of carbonyl (C=O) groups is 3. The van der Waals surface area contributed by atoms with E-state index in [-0.39, 0.29) is 31.1 Å². The van der Waals surface area contributed by atoms with Crippen molar-refractivity contribution in [3.63, 3.8) is 0 Å². The first kappa shape index (κ1) is 68.4. The molecule has 71 heavy (non-hydrogen) atoms. The van der Waals surface area contributed by atoms with Gasteiger partial charge in [-0.1, -0.05) is 275 Å². The van der Waals surface area contributed by atoms with Gasteiger partial charge in [-0.15, -0.1) is 0 Å². The number of carbonyl (C=O) groups excluding carboxylic acids is 3. The Kier molecular flexibility index (Phi) is 57.7. The van der Waals surface area contributed by atoms with E-state index in [1.807, 2.05) is 0 Å². The average molecular weight is 996 g/mol. The normalized spacial score (nSPS) is 12.3. The standard InChI is InChI=1S/C65H118O6/c1-4-7-10-13-16-19-22-25-28-29-30-31-32-33-34-35-38-40-43-46-49-52-55-58-64(67)70-61-62(71-65(68)59-56-53-50-47-44-41-37-27-24-21-18-15-12-9-6-3)60-69-63(66)57-54-51-48-45-42-39-36-26-23-20-17-14-11-8-5-2/h17-18,20-21,26-27,36-37,62H,4-16,19,22-25,28-35,38-61H2,1-3H3/b20-17-,21-18-,36-26-,37-27-. The van der Waals surface area contributed by atoms with E-state index >= 15 is 0 Å². The fourth-order valence-corrected chi connectivity index (χ4v) is 9.09. The number of hydrogen-bond donors (Lipinski definition) is 0. The molecule has 0 spiro atoms. The highest BCUT2D eigenvalue weighted by molar-refractivity contribution is 5.71. The molecule has 0 aromatic heterocycles. The fourth-order valence-electron chi connectivity index (χ4n) is 9.09. The molecule has 0 amide bonds. The van der Waals surface area contributed by atoms with E-state index < -0.39 is 6.10 Å². The van der Waals surface area contributed by atoms with E-state index in [0.29, 0.717) is 19.3 Å². The smallest absolute Gasteiger partial charge is 0.306 e. The summed E-state index contributed by atoms with van der Waals surface area (Å²) >= 11 is 0. The summed E-state index contributed by atoms with van der Waals surface area (Å²) in [5.74, 6) is -0.891. The SMILES string of the molecule is CCCCC/C=C\C/C=C\CCCCCCCC(=O)OCC(COC(=O)CCCCCCCCCCCCCCCCCCCCCCCCC)OC(=O)CCCCCCC/C=C\C/C=C\CCCCC. The van der Waals surface area contributed by atoms with E-state index in [1.54, 1.807) is 0 Å². The number of allylic oxidation sites excluding steroid dienone is 8. The monoisotopic (exact) mass is 995 g/mol. The molecule has 0 aromatic rings. The van der Waals surface area contributed by atoms with E-state index in [1.165, 1.54) is 186 Å². The van der Waals surface area contributed by atoms with Crippen LogP contribution >= 0.6 is 0 Å². The Morgan fingerprint density at radius 2 is 0.507 bits per heavy atom. The second kappa shape index (κ2) is 59.9. The topological polar surface area (TPSA) is 78.9 Å². The lowest BCUT2D eigenvalue weighted by molar-refractivity contribution is -0.167. The van der Waals surface area contributed by atoms with Crippen molar-refractivity contribution in [2.45, 2.75) is 335 Å². The van der Waals surface area contributed by atoms with Crippen molar-refractivity contribution >= 4 is 17.9 Å². The number of unbranched alkanes of at least 4 members (excludes halogenated alkanes) is 38. The predicted octanol–water partition coefficient (Wildman–Crippen LogP) is 21.0. The molecule has 0 radical (unpaired) electrons. The summed E-state index contributed by atoms with van der Waals surface area (Å²) < 4.78 is 16.9. The maximum atomic E-state index is 12.9. The van der Waals surface area contributed by atoms with Crippen LogP contribution < -0.4 is 0 Å². The van der Waals surface area contributed by atoms with Crippen LogP contribution in [-0.2, 0) is 28.6 Å². The van der Waals surface area contributed by atoms with Crippen LogP contribution in [0.1, 0.15) is 329 Å². The van der Waals surface area contributed by atoms with Gasteiger partial charge < -0.3 is 14.2 Å². The predicted molar refractivity (Wildman–Crippen MR) is 307 cm³/mol. The molecule has 0 saturated carbocycles. The third-order valence-electron chi connectivity index (χ3n) is 13.8. The maximum absolute atomic E-state index is 12.9. The van der Waals surface area contributed by atoms with Crippen LogP contribution in [0.5, 0.6) is 0 Å². The lowest BCUT2D eigenvalue weighted by Crippen LogP contribution is -2.30. The van der Waals surface area contributed by atoms with Crippen LogP contribution in [0.3, 0.4) is 0 Å². The first-order chi connectivity index (χ1) is 35.0. The van der Waals surface area contributed by atoms with Gasteiger partial charge in [0.15, 0.2) is 6.10 Å². The molecular weight excluding hydrogens is 877 g/mol. The van der Waals surface area contributed by atoms with Gasteiger partial charge in [-0.05, 0) is 83.5 Å². The lowest BCUT2D eigenvalue weighted by atomic mass is 10.0. The summed E-state index contributed by atoms with van der Waals surface area (Å²) in [6, 6.07) is 0. The third kappa shape index (κ3) is 58.1. The molecule has 0 heterocycles. The first-order valence-corrected chi connectivity index (χ1v) is 31.1. The summed E-state index contributed by atoms with van der Waals surface area (Å²) in [5.41, 5.74) is 0. The molecule has 0 N–H and O–H groups in total. The quantitative estimate of drug-likeness (QED) is 0.0261. The van der Waals surface area contributed by atoms with E-state index in [0.717, 1.165) is 103 Å². The lowest BCUT2D eigenvalue weighted by Gasteiger charge is -2.18. The van der Waals surface area contributed by atoms with Crippen molar-refractivity contribution in [3.05, 3.63) is 48.6 Å². The van der Waals surface area contributed by atoms with Crippen LogP contribution in [0.15, 0.2) is 48.6 Å². The molecule has 0 saturated heterocycles. The van der Waals surface area contributed by atoms with Gasteiger partial charge in [0.25, 0.3) is 0 Å². The zero-order valence-electron chi connectivity index (χ0n) is 47.5. The van der Waals surface area contributed by atoms with Crippen LogP contribution in [0.4, 0.5) is 0 Å². The Morgan fingerprint density at radius 1 is 0.282 bits per heavy atom. The number of rotatable bonds is 57. The number of hydrogen-bond acceptors (Lipinski definition) is 6. The highest BCUT2D eigenvalue weighted by Crippen LogP contribution is 2.17. The second-order valence-electron chi connectivity index (χ2n) is 21.0. The zero-order chi connectivity index (χ0) is 51.4. The largest absolute Gasteiger partial charge is 0.462 e. The van der Waals surface area contributed by atoms with Gasteiger partial charge in [0, 0.05) is 19.3 Å². The Bertz CT molecular complexity index is 1230. The fraction of sp³-hybridized carbons (Fsp3) is 0.831. The van der Waals surface area contributed by atoms with Gasteiger partial charge in [0.1, 0.15) is 13.2 Å². The van der Waals surface area contributed by atoms with Crippen molar-refractivity contribution in [3.8, 4) is 0 Å². The van der Waals surface area contributed by atoms with Crippen LogP contribution in [0.2, 0.25) is 0 Å². The molecule has 1 atom stereocenters. The molecular formula is C65H118O6. The van der Waals surface area contributed by atoms with Crippen molar-refractivity contribution in [1.82, 2.24) is 0 Å². The second-order valence-corrected chi connectivity index (χ2v) is 21.0. The van der Waals surface area contributed by atoms with E-state index in [9.17, 15) is 14.4 Å². The molecule has 1 unspecified atom stereocenters. The molecule has 0 bridgehead atoms. The molecule has 6 heteroatoms. The summed E-state index contributed by atoms with van der Waals surface area (Å²) in [6.45, 7) is 6.61. The molecule has 0 aromatic carbocycles. The molecule has 0 aliphatic carbocycles. The summed E-state index contributed by atoms with van der Waals surface area (Å²) in [4.78, 5) is 38.2. The van der Waals surface area contributed by atoms with Crippen molar-refractivity contribution < 1.29 is 28.6 Å². The van der Waals surface area contributed by atoms with Crippen molar-refractivity contribution in [2.75, 3.05) is 13.2 Å². The average Bonchev–Trinajstić information content (AvgIpc) is 3.37. The third-order valence-corrected chi connectivity index (χ3v) is 13.8. The van der Waals surface area contributed by atoms with Crippen molar-refractivity contribution in [2.24, 2.45) is 0 Å². The van der Waals surface area contributed by atoms with E-state index in [4.69, 9.17) is 14.2 Å². The van der Waals surface area contributed by atoms with E-state index in [2.05, 4.69) is 69.4 Å². The van der Waals surface area contributed by atoms with Gasteiger partial charge in [0.2, 0.25) is 0 Å². The molecule has 6 nitrogen and oxygen atoms in total. The highest BCUT2D eigenvalue weighted by Gasteiger charge is 2.19. The van der Waals surface area contributed by atoms with Crippen LogP contribution in [0.25, 0.3) is 0 Å². The Morgan fingerprint density at radius 3 is 0.803 bits per heavy atom. The maximum Gasteiger partial charge on any atom is 0.306 e. The molecule has 0 rings (SSSR count). The number of ether oxygens (including phenoxy) is 3. The van der Waals surface area contributed by atoms with Crippen molar-refractivity contribution in [1.29, 1.82) is 0 Å². The molecule has 0 aliphatic heterocycles. The zero-order valence-corrected chi connectivity index (χ0v) is 47.5. The minimum absolute atomic E-state index is 0.0803. The summed E-state index contributed by atoms with van der Waals surface area (Å²) in [7, 11) is 0.